The number of hydrogen-bond acceptors (Lipinski definition) is 5. The van der Waals surface area contributed by atoms with Crippen LogP contribution in [0.2, 0.25) is 0 Å². The van der Waals surface area contributed by atoms with Gasteiger partial charge < -0.3 is 15.2 Å². The number of amides is 2. The molecule has 0 spiro atoms. The van der Waals surface area contributed by atoms with Crippen LogP contribution < -0.4 is 15.5 Å². The van der Waals surface area contributed by atoms with Crippen LogP contribution in [0, 0.1) is 11.6 Å². The molecule has 0 fully saturated rings. The molecule has 0 saturated carbocycles. The van der Waals surface area contributed by atoms with Gasteiger partial charge in [-0.3, -0.25) is 19.8 Å². The van der Waals surface area contributed by atoms with Gasteiger partial charge >= 0.3 is 0 Å². The third-order valence-electron chi connectivity index (χ3n) is 4.31. The Bertz CT molecular complexity index is 952. The first-order valence-electron chi connectivity index (χ1n) is 8.92. The van der Waals surface area contributed by atoms with Crippen LogP contribution in [0.25, 0.3) is 0 Å². The number of hydrazine groups is 1. The van der Waals surface area contributed by atoms with E-state index in [0.29, 0.717) is 22.6 Å². The zero-order valence-electron chi connectivity index (χ0n) is 16.4. The number of nitrogens with one attached hydrogen (secondary N) is 2. The molecule has 0 bridgehead atoms. The highest BCUT2D eigenvalue weighted by Gasteiger charge is 2.31. The molecule has 30 heavy (non-hydrogen) atoms. The third-order valence-corrected chi connectivity index (χ3v) is 4.31. The Hall–Kier alpha value is -3.69. The summed E-state index contributed by atoms with van der Waals surface area (Å²) in [5.41, 5.74) is 3.91. The van der Waals surface area contributed by atoms with Gasteiger partial charge in [0.1, 0.15) is 17.4 Å². The molecule has 1 heterocycles. The van der Waals surface area contributed by atoms with E-state index in [4.69, 9.17) is 14.6 Å². The van der Waals surface area contributed by atoms with Gasteiger partial charge in [0.15, 0.2) is 0 Å². The van der Waals surface area contributed by atoms with Crippen LogP contribution in [-0.4, -0.2) is 35.5 Å². The summed E-state index contributed by atoms with van der Waals surface area (Å²) in [6.45, 7) is 1.59. The first-order chi connectivity index (χ1) is 14.3. The summed E-state index contributed by atoms with van der Waals surface area (Å²) in [7, 11) is 1.48. The zero-order chi connectivity index (χ0) is 22.3. The lowest BCUT2D eigenvalue weighted by molar-refractivity contribution is -0.125. The molecule has 160 valence electrons. The summed E-state index contributed by atoms with van der Waals surface area (Å²) >= 11 is 0. The summed E-state index contributed by atoms with van der Waals surface area (Å²) in [6, 6.07) is 6.71. The molecule has 0 saturated heterocycles. The number of rotatable bonds is 6. The van der Waals surface area contributed by atoms with Crippen LogP contribution in [0.3, 0.4) is 0 Å². The zero-order valence-corrected chi connectivity index (χ0v) is 16.4. The number of ether oxygens (including phenoxy) is 1. The second-order valence-electron chi connectivity index (χ2n) is 6.18. The normalized spacial score (nSPS) is 11.9. The molecule has 2 amide bonds. The topological polar surface area (TPSA) is 108 Å². The number of nitrogens with zero attached hydrogens (tertiary/aromatic N) is 1. The van der Waals surface area contributed by atoms with E-state index in [1.807, 2.05) is 0 Å². The van der Waals surface area contributed by atoms with Gasteiger partial charge in [0.05, 0.1) is 19.2 Å². The van der Waals surface area contributed by atoms with Crippen molar-refractivity contribution < 1.29 is 33.0 Å². The maximum absolute atomic E-state index is 14.0. The van der Waals surface area contributed by atoms with Crippen molar-refractivity contribution in [3.63, 3.8) is 0 Å². The maximum Gasteiger partial charge on any atom is 0.290 e. The van der Waals surface area contributed by atoms with Crippen molar-refractivity contribution in [3.05, 3.63) is 58.7 Å². The molecule has 1 aliphatic rings. The number of hydrogen-bond donors (Lipinski definition) is 3. The monoisotopic (exact) mass is 421 g/mol. The van der Waals surface area contributed by atoms with E-state index in [0.717, 1.165) is 11.1 Å². The fourth-order valence-electron chi connectivity index (χ4n) is 2.85. The highest BCUT2D eigenvalue weighted by atomic mass is 19.1. The lowest BCUT2D eigenvalue weighted by Crippen LogP contribution is -2.41. The molecule has 2 aromatic rings. The van der Waals surface area contributed by atoms with Gasteiger partial charge in [0.25, 0.3) is 12.4 Å². The first kappa shape index (κ1) is 22.6. The summed E-state index contributed by atoms with van der Waals surface area (Å²) in [6.07, 6.45) is 0.217. The van der Waals surface area contributed by atoms with Crippen molar-refractivity contribution >= 4 is 24.0 Å². The summed E-state index contributed by atoms with van der Waals surface area (Å²) in [5, 5.41) is 11.0. The van der Waals surface area contributed by atoms with Crippen LogP contribution in [0.5, 0.6) is 5.75 Å². The number of methoxy groups -OCH3 is 1. The molecule has 1 aliphatic heterocycles. The Kier molecular flexibility index (Phi) is 7.68. The minimum absolute atomic E-state index is 0.0778. The predicted octanol–water partition coefficient (Wildman–Crippen LogP) is 2.68. The molecule has 8 nitrogen and oxygen atoms in total. The fourth-order valence-corrected chi connectivity index (χ4v) is 2.85. The quantitative estimate of drug-likeness (QED) is 0.619. The summed E-state index contributed by atoms with van der Waals surface area (Å²) in [5.74, 6) is -1.32. The molecule has 0 aromatic heterocycles. The van der Waals surface area contributed by atoms with Crippen LogP contribution in [0.1, 0.15) is 34.8 Å². The Morgan fingerprint density at radius 2 is 2.00 bits per heavy atom. The minimum Gasteiger partial charge on any atom is -0.497 e. The van der Waals surface area contributed by atoms with Gasteiger partial charge in [-0.15, -0.1) is 0 Å². The molecular formula is C20H21F2N3O5. The number of anilines is 1. The van der Waals surface area contributed by atoms with Crippen molar-refractivity contribution in [3.8, 4) is 5.75 Å². The van der Waals surface area contributed by atoms with Crippen LogP contribution in [0.4, 0.5) is 14.5 Å². The van der Waals surface area contributed by atoms with Gasteiger partial charge in [-0.2, -0.15) is 0 Å². The average molecular weight is 421 g/mol. The molecule has 3 rings (SSSR count). The van der Waals surface area contributed by atoms with Crippen LogP contribution in [-0.2, 0) is 22.7 Å². The smallest absolute Gasteiger partial charge is 0.290 e. The number of fused-ring (bicyclic) bond motifs is 1. The van der Waals surface area contributed by atoms with E-state index in [-0.39, 0.29) is 37.5 Å². The van der Waals surface area contributed by atoms with Crippen molar-refractivity contribution in [2.45, 2.75) is 26.4 Å². The average Bonchev–Trinajstić information content (AvgIpc) is 3.03. The van der Waals surface area contributed by atoms with E-state index >= 15 is 0 Å². The van der Waals surface area contributed by atoms with Crippen molar-refractivity contribution in [1.29, 1.82) is 0 Å². The number of carboxylic acid groups (broad SMARTS) is 1. The van der Waals surface area contributed by atoms with Gasteiger partial charge in [-0.1, -0.05) is 6.92 Å². The fraction of sp³-hybridized carbons (Fsp3) is 0.250. The molecule has 3 N–H and O–H groups in total. The van der Waals surface area contributed by atoms with Crippen molar-refractivity contribution in [2.24, 2.45) is 0 Å². The molecule has 0 unspecified atom stereocenters. The van der Waals surface area contributed by atoms with Crippen LogP contribution >= 0.6 is 0 Å². The Labute approximate surface area is 171 Å². The first-order valence-corrected chi connectivity index (χ1v) is 8.92. The van der Waals surface area contributed by atoms with Crippen LogP contribution in [0.15, 0.2) is 30.3 Å². The molecule has 0 radical (unpaired) electrons. The van der Waals surface area contributed by atoms with E-state index in [9.17, 15) is 18.4 Å². The van der Waals surface area contributed by atoms with Gasteiger partial charge in [0.2, 0.25) is 5.91 Å². The maximum atomic E-state index is 14.0. The highest BCUT2D eigenvalue weighted by molar-refractivity contribution is 6.00. The van der Waals surface area contributed by atoms with Crippen molar-refractivity contribution in [2.75, 3.05) is 12.4 Å². The highest BCUT2D eigenvalue weighted by Crippen LogP contribution is 2.30. The molecular weight excluding hydrogens is 400 g/mol. The van der Waals surface area contributed by atoms with E-state index in [1.165, 1.54) is 25.3 Å². The predicted molar refractivity (Wildman–Crippen MR) is 104 cm³/mol. The summed E-state index contributed by atoms with van der Waals surface area (Å²) in [4.78, 5) is 32.3. The van der Waals surface area contributed by atoms with E-state index in [2.05, 4.69) is 10.7 Å². The summed E-state index contributed by atoms with van der Waals surface area (Å²) < 4.78 is 33.1. The largest absolute Gasteiger partial charge is 0.497 e. The molecule has 0 atom stereocenters. The number of benzene rings is 2. The number of halogens is 2. The van der Waals surface area contributed by atoms with Gasteiger partial charge in [-0.25, -0.2) is 13.8 Å². The number of carbonyl (C=O) groups is 3. The third kappa shape index (κ3) is 5.22. The minimum atomic E-state index is -0.598. The Balaban J connectivity index is 0.00000101. The molecule has 2 aromatic carbocycles. The molecule has 10 heteroatoms. The number of carbonyl (C=O) groups excluding carboxylic acids is 2. The lowest BCUT2D eigenvalue weighted by Gasteiger charge is -2.16. The SMILES string of the molecule is CCC(=O)NN1Cc2c(NCc3cc(OC)ccc3F)cc(F)cc2C1=O.O=CO. The Morgan fingerprint density at radius 3 is 2.63 bits per heavy atom. The second-order valence-corrected chi connectivity index (χ2v) is 6.18. The van der Waals surface area contributed by atoms with Gasteiger partial charge in [-0.05, 0) is 30.3 Å². The van der Waals surface area contributed by atoms with E-state index < -0.39 is 17.5 Å². The van der Waals surface area contributed by atoms with E-state index in [1.54, 1.807) is 13.0 Å². The standard InChI is InChI=1S/C19H19F2N3O3.CH2O2/c1-3-18(25)23-24-10-15-14(19(24)26)7-12(20)8-17(15)22-9-11-6-13(27-2)4-5-16(11)21;2-1-3/h4-8,22H,3,9-10H2,1-2H3,(H,23,25);1H,(H,2,3). The second kappa shape index (κ2) is 10.2. The van der Waals surface area contributed by atoms with Gasteiger partial charge in [0, 0.05) is 29.8 Å². The Morgan fingerprint density at radius 1 is 1.30 bits per heavy atom. The van der Waals surface area contributed by atoms with Crippen molar-refractivity contribution in [1.82, 2.24) is 10.4 Å². The molecule has 0 aliphatic carbocycles. The lowest BCUT2D eigenvalue weighted by atomic mass is 10.1.